The zero-order chi connectivity index (χ0) is 12.0. The Morgan fingerprint density at radius 2 is 1.80 bits per heavy atom. The van der Waals surface area contributed by atoms with E-state index in [1.807, 2.05) is 0 Å². The Morgan fingerprint density at radius 1 is 1.27 bits per heavy atom. The summed E-state index contributed by atoms with van der Waals surface area (Å²) >= 11 is 0. The van der Waals surface area contributed by atoms with Crippen molar-refractivity contribution >= 4 is 12.2 Å². The van der Waals surface area contributed by atoms with Crippen LogP contribution in [-0.4, -0.2) is 57.0 Å². The van der Waals surface area contributed by atoms with E-state index in [9.17, 15) is 9.59 Å². The van der Waals surface area contributed by atoms with E-state index >= 15 is 0 Å². The third kappa shape index (κ3) is 3.62. The van der Waals surface area contributed by atoms with Crippen LogP contribution in [0.15, 0.2) is 5.11 Å². The van der Waals surface area contributed by atoms with Gasteiger partial charge in [0.1, 0.15) is 24.4 Å². The smallest absolute Gasteiger partial charge is 0.250 e. The molecule has 84 valence electrons. The first-order chi connectivity index (χ1) is 6.95. The molecular formula is C6H9N3O6. The van der Waals surface area contributed by atoms with Crippen LogP contribution in [-0.2, 0) is 9.59 Å². The van der Waals surface area contributed by atoms with Gasteiger partial charge < -0.3 is 25.2 Å². The number of azide groups is 1. The molecule has 0 spiro atoms. The van der Waals surface area contributed by atoms with Crippen LogP contribution in [0, 0.1) is 0 Å². The summed E-state index contributed by atoms with van der Waals surface area (Å²) in [4.78, 5) is 22.7. The van der Waals surface area contributed by atoms with Crippen LogP contribution in [0.25, 0.3) is 10.4 Å². The summed E-state index contributed by atoms with van der Waals surface area (Å²) in [5.74, 6) is -1.43. The zero-order valence-electron chi connectivity index (χ0n) is 7.33. The van der Waals surface area contributed by atoms with E-state index in [2.05, 4.69) is 10.0 Å². The number of carbonyl (C=O) groups is 2. The molecule has 4 N–H and O–H groups in total. The molecule has 4 atom stereocenters. The molecule has 0 unspecified atom stereocenters. The van der Waals surface area contributed by atoms with E-state index in [1.54, 1.807) is 0 Å². The number of hydrogen-bond donors (Lipinski definition) is 4. The Bertz CT molecular complexity index is 289. The average molecular weight is 219 g/mol. The number of aliphatic hydroxyl groups is 4. The van der Waals surface area contributed by atoms with E-state index in [-0.39, 0.29) is 6.29 Å². The number of aldehydes is 1. The summed E-state index contributed by atoms with van der Waals surface area (Å²) in [6.45, 7) is 0. The van der Waals surface area contributed by atoms with Crippen molar-refractivity contribution in [1.82, 2.24) is 0 Å². The van der Waals surface area contributed by atoms with Crippen molar-refractivity contribution in [2.24, 2.45) is 5.11 Å². The predicted octanol–water partition coefficient (Wildman–Crippen LogP) is -2.53. The average Bonchev–Trinajstić information content (AvgIpc) is 2.25. The highest BCUT2D eigenvalue weighted by Crippen LogP contribution is 2.05. The monoisotopic (exact) mass is 219 g/mol. The van der Waals surface area contributed by atoms with Gasteiger partial charge in [0.05, 0.1) is 0 Å². The summed E-state index contributed by atoms with van der Waals surface area (Å²) in [6, 6.07) is 0. The highest BCUT2D eigenvalue weighted by atomic mass is 16.4. The molecule has 0 saturated carbocycles. The number of hydrogen-bond acceptors (Lipinski definition) is 6. The molecule has 0 bridgehead atoms. The normalized spacial score (nSPS) is 18.1. The molecule has 0 aromatic carbocycles. The molecular weight excluding hydrogens is 210 g/mol. The maximum absolute atomic E-state index is 10.7. The van der Waals surface area contributed by atoms with Crippen LogP contribution >= 0.6 is 0 Å². The minimum atomic E-state index is -2.20. The first-order valence-electron chi connectivity index (χ1n) is 3.72. The van der Waals surface area contributed by atoms with E-state index in [4.69, 9.17) is 26.0 Å². The second-order valence-electron chi connectivity index (χ2n) is 2.58. The summed E-state index contributed by atoms with van der Waals surface area (Å²) in [6.07, 6.45) is -8.41. The van der Waals surface area contributed by atoms with Crippen LogP contribution in [0.5, 0.6) is 0 Å². The topological polar surface area (TPSA) is 164 Å². The molecule has 9 nitrogen and oxygen atoms in total. The van der Waals surface area contributed by atoms with Gasteiger partial charge in [0.15, 0.2) is 6.29 Å². The number of aliphatic hydroxyl groups excluding tert-OH is 4. The predicted molar refractivity (Wildman–Crippen MR) is 44.2 cm³/mol. The Kier molecular flexibility index (Phi) is 5.45. The van der Waals surface area contributed by atoms with Crippen LogP contribution in [0.1, 0.15) is 0 Å². The van der Waals surface area contributed by atoms with Gasteiger partial charge in [-0.3, -0.25) is 4.79 Å². The maximum Gasteiger partial charge on any atom is 0.250 e. The van der Waals surface area contributed by atoms with Gasteiger partial charge in [0.25, 0.3) is 0 Å². The largest absolute Gasteiger partial charge is 0.387 e. The van der Waals surface area contributed by atoms with Gasteiger partial charge >= 0.3 is 0 Å². The molecule has 0 aliphatic rings. The Hall–Kier alpha value is -1.51. The van der Waals surface area contributed by atoms with Crippen molar-refractivity contribution in [2.75, 3.05) is 0 Å². The quantitative estimate of drug-likeness (QED) is 0.172. The first kappa shape index (κ1) is 13.5. The van der Waals surface area contributed by atoms with Gasteiger partial charge in [0.2, 0.25) is 5.91 Å². The second kappa shape index (κ2) is 6.06. The lowest BCUT2D eigenvalue weighted by Gasteiger charge is -2.21. The zero-order valence-corrected chi connectivity index (χ0v) is 7.33. The molecule has 1 amide bonds. The van der Waals surface area contributed by atoms with Crippen molar-refractivity contribution in [2.45, 2.75) is 24.4 Å². The molecule has 0 aliphatic heterocycles. The lowest BCUT2D eigenvalue weighted by molar-refractivity contribution is -0.147. The van der Waals surface area contributed by atoms with Crippen molar-refractivity contribution in [3.05, 3.63) is 10.4 Å². The van der Waals surface area contributed by atoms with Gasteiger partial charge in [-0.2, -0.15) is 0 Å². The lowest BCUT2D eigenvalue weighted by atomic mass is 10.0. The van der Waals surface area contributed by atoms with E-state index in [0.717, 1.165) is 0 Å². The molecule has 0 fully saturated rings. The standard InChI is InChI=1S/C6H9N3O6/c7-9-8-6(15)5(14)4(13)3(12)2(11)1-10/h1-5,11-14H/t2-,3+,4-,5-/m0/s1. The minimum absolute atomic E-state index is 0.0847. The molecule has 0 rings (SSSR count). The molecule has 0 aliphatic carbocycles. The van der Waals surface area contributed by atoms with Gasteiger partial charge in [-0.15, -0.1) is 0 Å². The van der Waals surface area contributed by atoms with Gasteiger partial charge in [-0.25, -0.2) is 0 Å². The van der Waals surface area contributed by atoms with Crippen molar-refractivity contribution in [3.63, 3.8) is 0 Å². The Morgan fingerprint density at radius 3 is 2.20 bits per heavy atom. The van der Waals surface area contributed by atoms with Crippen LogP contribution in [0.4, 0.5) is 0 Å². The number of carbonyl (C=O) groups excluding carboxylic acids is 2. The Balaban J connectivity index is 4.55. The van der Waals surface area contributed by atoms with Crippen molar-refractivity contribution < 1.29 is 30.0 Å². The lowest BCUT2D eigenvalue weighted by Crippen LogP contribution is -2.47. The summed E-state index contributed by atoms with van der Waals surface area (Å²) in [7, 11) is 0. The minimum Gasteiger partial charge on any atom is -0.387 e. The molecule has 0 aromatic heterocycles. The van der Waals surface area contributed by atoms with Crippen molar-refractivity contribution in [3.8, 4) is 0 Å². The fourth-order valence-corrected chi connectivity index (χ4v) is 0.719. The molecule has 9 heteroatoms. The number of rotatable bonds is 5. The maximum atomic E-state index is 10.7. The van der Waals surface area contributed by atoms with Crippen LogP contribution < -0.4 is 0 Å². The highest BCUT2D eigenvalue weighted by molar-refractivity contribution is 5.82. The van der Waals surface area contributed by atoms with Gasteiger partial charge in [0, 0.05) is 4.91 Å². The molecule has 0 saturated heterocycles. The highest BCUT2D eigenvalue weighted by Gasteiger charge is 2.33. The van der Waals surface area contributed by atoms with E-state index < -0.39 is 30.3 Å². The molecule has 15 heavy (non-hydrogen) atoms. The third-order valence-corrected chi connectivity index (χ3v) is 1.56. The number of nitrogens with zero attached hydrogens (tertiary/aromatic N) is 3. The fourth-order valence-electron chi connectivity index (χ4n) is 0.719. The molecule has 0 radical (unpaired) electrons. The molecule has 0 heterocycles. The fraction of sp³-hybridized carbons (Fsp3) is 0.667. The molecule has 0 aromatic rings. The summed E-state index contributed by atoms with van der Waals surface area (Å²) in [5.41, 5.74) is 7.84. The Labute approximate surface area is 83.2 Å². The van der Waals surface area contributed by atoms with Gasteiger partial charge in [-0.1, -0.05) is 0 Å². The van der Waals surface area contributed by atoms with Crippen LogP contribution in [0.3, 0.4) is 0 Å². The summed E-state index contributed by atoms with van der Waals surface area (Å²) < 4.78 is 0. The van der Waals surface area contributed by atoms with Crippen LogP contribution in [0.2, 0.25) is 0 Å². The third-order valence-electron chi connectivity index (χ3n) is 1.56. The SMILES string of the molecule is [N-]=[N+]=NC(=O)[C@@H](O)[C@@H](O)[C@H](O)[C@@H](O)C=O. The second-order valence-corrected chi connectivity index (χ2v) is 2.58. The van der Waals surface area contributed by atoms with E-state index in [0.29, 0.717) is 0 Å². The van der Waals surface area contributed by atoms with E-state index in [1.165, 1.54) is 0 Å². The summed E-state index contributed by atoms with van der Waals surface area (Å²) in [5, 5.41) is 38.3. The van der Waals surface area contributed by atoms with Gasteiger partial charge in [-0.05, 0) is 10.6 Å². The first-order valence-corrected chi connectivity index (χ1v) is 3.72. The van der Waals surface area contributed by atoms with Crippen molar-refractivity contribution in [1.29, 1.82) is 0 Å². The number of amides is 1.